The summed E-state index contributed by atoms with van der Waals surface area (Å²) in [6.07, 6.45) is -5.13. The number of aromatic nitrogens is 1. The monoisotopic (exact) mass is 403 g/mol. The van der Waals surface area contributed by atoms with E-state index in [0.717, 1.165) is 35.6 Å². The molecule has 2 N–H and O–H groups in total. The fourth-order valence-electron chi connectivity index (χ4n) is 2.08. The van der Waals surface area contributed by atoms with E-state index in [1.54, 1.807) is 13.8 Å². The first-order chi connectivity index (χ1) is 12.6. The van der Waals surface area contributed by atoms with Crippen molar-refractivity contribution in [2.75, 3.05) is 5.32 Å². The number of thiazole rings is 1. The lowest BCUT2D eigenvalue weighted by Gasteiger charge is -2.22. The third-order valence-corrected chi connectivity index (χ3v) is 4.29. The zero-order valence-corrected chi connectivity index (χ0v) is 15.2. The van der Waals surface area contributed by atoms with Gasteiger partial charge in [-0.3, -0.25) is 9.59 Å². The number of hydrogen-bond donors (Lipinski definition) is 2. The summed E-state index contributed by atoms with van der Waals surface area (Å²) < 4.78 is 52.7. The van der Waals surface area contributed by atoms with Gasteiger partial charge in [-0.15, -0.1) is 11.3 Å². The van der Waals surface area contributed by atoms with Gasteiger partial charge in [0, 0.05) is 11.3 Å². The normalized spacial score (nSPS) is 12.7. The molecule has 0 saturated carbocycles. The number of nitrogens with zero attached hydrogens (tertiary/aromatic N) is 1. The van der Waals surface area contributed by atoms with Crippen molar-refractivity contribution in [1.82, 2.24) is 10.3 Å². The molecule has 1 unspecified atom stereocenters. The SMILES string of the molecule is CC(C)C(=O)Nc1nc(CC(=O)NC(c2ccc(F)cc2)C(F)(F)F)cs1. The maximum atomic E-state index is 13.3. The third kappa shape index (κ3) is 6.02. The Morgan fingerprint density at radius 1 is 1.19 bits per heavy atom. The van der Waals surface area contributed by atoms with Gasteiger partial charge in [-0.05, 0) is 17.7 Å². The van der Waals surface area contributed by atoms with Crippen LogP contribution in [0.4, 0.5) is 22.7 Å². The molecule has 1 atom stereocenters. The number of rotatable bonds is 6. The van der Waals surface area contributed by atoms with Gasteiger partial charge in [0.25, 0.3) is 0 Å². The molecular formula is C17H17F4N3O2S. The highest BCUT2D eigenvalue weighted by Gasteiger charge is 2.41. The van der Waals surface area contributed by atoms with Gasteiger partial charge in [0.15, 0.2) is 11.2 Å². The largest absolute Gasteiger partial charge is 0.412 e. The van der Waals surface area contributed by atoms with Crippen LogP contribution in [0.3, 0.4) is 0 Å². The number of carbonyl (C=O) groups excluding carboxylic acids is 2. The average Bonchev–Trinajstić information content (AvgIpc) is 2.99. The van der Waals surface area contributed by atoms with Crippen molar-refractivity contribution in [2.45, 2.75) is 32.5 Å². The Kier molecular flexibility index (Phi) is 6.53. The summed E-state index contributed by atoms with van der Waals surface area (Å²) in [5.41, 5.74) is -0.0444. The molecule has 0 fully saturated rings. The maximum absolute atomic E-state index is 13.3. The van der Waals surface area contributed by atoms with Crippen molar-refractivity contribution < 1.29 is 27.2 Å². The van der Waals surface area contributed by atoms with Crippen LogP contribution in [-0.2, 0) is 16.0 Å². The predicted octanol–water partition coefficient (Wildman–Crippen LogP) is 3.84. The van der Waals surface area contributed by atoms with Crippen LogP contribution in [0.15, 0.2) is 29.6 Å². The van der Waals surface area contributed by atoms with Gasteiger partial charge in [-0.1, -0.05) is 26.0 Å². The van der Waals surface area contributed by atoms with Crippen LogP contribution in [0.25, 0.3) is 0 Å². The van der Waals surface area contributed by atoms with Crippen molar-refractivity contribution >= 4 is 28.3 Å². The molecule has 146 valence electrons. The zero-order valence-electron chi connectivity index (χ0n) is 14.4. The predicted molar refractivity (Wildman–Crippen MR) is 92.6 cm³/mol. The van der Waals surface area contributed by atoms with E-state index in [2.05, 4.69) is 10.3 Å². The highest BCUT2D eigenvalue weighted by Crippen LogP contribution is 2.32. The number of alkyl halides is 3. The number of halogens is 4. The molecule has 0 bridgehead atoms. The quantitative estimate of drug-likeness (QED) is 0.720. The van der Waals surface area contributed by atoms with Crippen LogP contribution in [0.2, 0.25) is 0 Å². The third-order valence-electron chi connectivity index (χ3n) is 3.48. The molecule has 5 nitrogen and oxygen atoms in total. The van der Waals surface area contributed by atoms with E-state index in [4.69, 9.17) is 0 Å². The number of carbonyl (C=O) groups is 2. The summed E-state index contributed by atoms with van der Waals surface area (Å²) in [5.74, 6) is -2.09. The molecule has 1 aromatic heterocycles. The van der Waals surface area contributed by atoms with E-state index in [0.29, 0.717) is 0 Å². The summed E-state index contributed by atoms with van der Waals surface area (Å²) in [6, 6.07) is 1.46. The molecule has 0 saturated heterocycles. The molecule has 2 aromatic rings. The van der Waals surface area contributed by atoms with Crippen molar-refractivity contribution in [3.05, 3.63) is 46.7 Å². The molecule has 0 aliphatic heterocycles. The molecule has 2 rings (SSSR count). The van der Waals surface area contributed by atoms with Crippen molar-refractivity contribution in [3.63, 3.8) is 0 Å². The molecule has 2 amide bonds. The molecule has 0 radical (unpaired) electrons. The van der Waals surface area contributed by atoms with Crippen LogP contribution in [0, 0.1) is 11.7 Å². The van der Waals surface area contributed by atoms with Crippen LogP contribution < -0.4 is 10.6 Å². The minimum Gasteiger partial charge on any atom is -0.340 e. The van der Waals surface area contributed by atoms with Gasteiger partial charge in [-0.2, -0.15) is 13.2 Å². The molecular weight excluding hydrogens is 386 g/mol. The molecule has 27 heavy (non-hydrogen) atoms. The lowest BCUT2D eigenvalue weighted by molar-refractivity contribution is -0.163. The van der Waals surface area contributed by atoms with Crippen LogP contribution >= 0.6 is 11.3 Å². The Hall–Kier alpha value is -2.49. The van der Waals surface area contributed by atoms with Gasteiger partial charge in [0.05, 0.1) is 12.1 Å². The number of anilines is 1. The Balaban J connectivity index is 2.05. The van der Waals surface area contributed by atoms with Gasteiger partial charge in [-0.25, -0.2) is 9.37 Å². The van der Waals surface area contributed by atoms with Crippen molar-refractivity contribution in [2.24, 2.45) is 5.92 Å². The van der Waals surface area contributed by atoms with E-state index in [-0.39, 0.29) is 34.6 Å². The highest BCUT2D eigenvalue weighted by atomic mass is 32.1. The van der Waals surface area contributed by atoms with Crippen LogP contribution in [0.5, 0.6) is 0 Å². The minimum absolute atomic E-state index is 0.233. The second-order valence-corrected chi connectivity index (χ2v) is 6.92. The maximum Gasteiger partial charge on any atom is 0.412 e. The Morgan fingerprint density at radius 3 is 2.37 bits per heavy atom. The topological polar surface area (TPSA) is 71.1 Å². The van der Waals surface area contributed by atoms with E-state index >= 15 is 0 Å². The lowest BCUT2D eigenvalue weighted by Crippen LogP contribution is -2.38. The summed E-state index contributed by atoms with van der Waals surface area (Å²) in [6.45, 7) is 3.40. The average molecular weight is 403 g/mol. The second-order valence-electron chi connectivity index (χ2n) is 6.06. The first kappa shape index (κ1) is 20.8. The fraction of sp³-hybridized carbons (Fsp3) is 0.353. The molecule has 1 aromatic carbocycles. The van der Waals surface area contributed by atoms with Crippen LogP contribution in [-0.4, -0.2) is 23.0 Å². The fourth-order valence-corrected chi connectivity index (χ4v) is 2.79. The first-order valence-electron chi connectivity index (χ1n) is 7.93. The standard InChI is InChI=1S/C17H17F4N3O2S/c1-9(2)15(26)24-16-22-12(8-27-16)7-13(25)23-14(17(19,20)21)10-3-5-11(18)6-4-10/h3-6,8-9,14H,7H2,1-2H3,(H,23,25)(H,22,24,26). The highest BCUT2D eigenvalue weighted by molar-refractivity contribution is 7.13. The summed E-state index contributed by atoms with van der Waals surface area (Å²) >= 11 is 1.07. The molecule has 1 heterocycles. The zero-order chi connectivity index (χ0) is 20.2. The summed E-state index contributed by atoms with van der Waals surface area (Å²) in [4.78, 5) is 27.7. The van der Waals surface area contributed by atoms with Crippen molar-refractivity contribution in [1.29, 1.82) is 0 Å². The molecule has 0 aliphatic carbocycles. The van der Waals surface area contributed by atoms with E-state index in [9.17, 15) is 27.2 Å². The van der Waals surface area contributed by atoms with Gasteiger partial charge in [0.1, 0.15) is 5.82 Å². The Bertz CT molecular complexity index is 803. The number of amides is 2. The lowest BCUT2D eigenvalue weighted by atomic mass is 10.1. The van der Waals surface area contributed by atoms with E-state index in [1.165, 1.54) is 5.38 Å². The smallest absolute Gasteiger partial charge is 0.340 e. The Labute approximate surface area is 156 Å². The molecule has 10 heteroatoms. The minimum atomic E-state index is -4.74. The van der Waals surface area contributed by atoms with Gasteiger partial charge in [0.2, 0.25) is 11.8 Å². The number of benzene rings is 1. The van der Waals surface area contributed by atoms with Crippen molar-refractivity contribution in [3.8, 4) is 0 Å². The van der Waals surface area contributed by atoms with Crippen LogP contribution in [0.1, 0.15) is 31.1 Å². The Morgan fingerprint density at radius 2 is 1.81 bits per heavy atom. The van der Waals surface area contributed by atoms with Gasteiger partial charge < -0.3 is 10.6 Å². The van der Waals surface area contributed by atoms with E-state index in [1.807, 2.05) is 5.32 Å². The summed E-state index contributed by atoms with van der Waals surface area (Å²) in [5, 5.41) is 6.20. The number of hydrogen-bond acceptors (Lipinski definition) is 4. The van der Waals surface area contributed by atoms with E-state index < -0.39 is 23.9 Å². The first-order valence-corrected chi connectivity index (χ1v) is 8.81. The van der Waals surface area contributed by atoms with Gasteiger partial charge >= 0.3 is 6.18 Å². The second kappa shape index (κ2) is 8.47. The molecule has 0 spiro atoms. The summed E-state index contributed by atoms with van der Waals surface area (Å²) in [7, 11) is 0. The number of nitrogens with one attached hydrogen (secondary N) is 2. The molecule has 0 aliphatic rings.